The minimum atomic E-state index is 0.105. The second-order valence-electron chi connectivity index (χ2n) is 7.17. The second-order valence-corrected chi connectivity index (χ2v) is 7.17. The summed E-state index contributed by atoms with van der Waals surface area (Å²) in [6.45, 7) is 4.42. The molecule has 3 fully saturated rings. The van der Waals surface area contributed by atoms with Gasteiger partial charge in [-0.15, -0.1) is 0 Å². The Labute approximate surface area is 123 Å². The van der Waals surface area contributed by atoms with E-state index in [9.17, 15) is 4.79 Å². The maximum absolute atomic E-state index is 12.9. The highest BCUT2D eigenvalue weighted by atomic mass is 16.2. The van der Waals surface area contributed by atoms with Gasteiger partial charge in [-0.1, -0.05) is 32.6 Å². The number of nitrogens with zero attached hydrogens (tertiary/aromatic N) is 1. The van der Waals surface area contributed by atoms with Crippen molar-refractivity contribution in [2.24, 2.45) is 11.8 Å². The number of piperidine rings is 1. The Bertz CT molecular complexity index is 336. The van der Waals surface area contributed by atoms with Crippen LogP contribution in [0.4, 0.5) is 0 Å². The smallest absolute Gasteiger partial charge is 0.239 e. The van der Waals surface area contributed by atoms with Gasteiger partial charge in [0.1, 0.15) is 0 Å². The fraction of sp³-hybridized carbons (Fsp3) is 0.941. The molecule has 3 heteroatoms. The summed E-state index contributed by atoms with van der Waals surface area (Å²) in [6.07, 6.45) is 11.2. The predicted octanol–water partition coefficient (Wildman–Crippen LogP) is 2.95. The first-order valence-electron chi connectivity index (χ1n) is 8.81. The molecule has 0 aromatic carbocycles. The van der Waals surface area contributed by atoms with Gasteiger partial charge in [0.05, 0.1) is 6.04 Å². The Balaban J connectivity index is 1.69. The van der Waals surface area contributed by atoms with Gasteiger partial charge in [-0.05, 0) is 50.5 Å². The zero-order valence-electron chi connectivity index (χ0n) is 12.9. The lowest BCUT2D eigenvalue weighted by Gasteiger charge is -2.48. The van der Waals surface area contributed by atoms with E-state index in [0.717, 1.165) is 31.3 Å². The van der Waals surface area contributed by atoms with Crippen LogP contribution in [0.3, 0.4) is 0 Å². The fourth-order valence-electron chi connectivity index (χ4n) is 4.63. The largest absolute Gasteiger partial charge is 0.338 e. The van der Waals surface area contributed by atoms with Gasteiger partial charge in [0.2, 0.25) is 5.91 Å². The molecule has 1 amide bonds. The molecule has 114 valence electrons. The fourth-order valence-corrected chi connectivity index (χ4v) is 4.63. The van der Waals surface area contributed by atoms with Crippen molar-refractivity contribution in [3.05, 3.63) is 0 Å². The van der Waals surface area contributed by atoms with Gasteiger partial charge in [-0.25, -0.2) is 0 Å². The third kappa shape index (κ3) is 2.88. The Morgan fingerprint density at radius 2 is 1.80 bits per heavy atom. The number of hydrogen-bond acceptors (Lipinski definition) is 2. The average molecular weight is 278 g/mol. The zero-order valence-corrected chi connectivity index (χ0v) is 12.9. The van der Waals surface area contributed by atoms with Crippen LogP contribution in [0.5, 0.6) is 0 Å². The number of hydrogen-bond donors (Lipinski definition) is 1. The van der Waals surface area contributed by atoms with E-state index in [1.165, 1.54) is 51.4 Å². The maximum atomic E-state index is 12.9. The van der Waals surface area contributed by atoms with Crippen LogP contribution in [0, 0.1) is 11.8 Å². The zero-order chi connectivity index (χ0) is 13.9. The average Bonchev–Trinajstić information content (AvgIpc) is 2.76. The summed E-state index contributed by atoms with van der Waals surface area (Å²) in [7, 11) is 0. The quantitative estimate of drug-likeness (QED) is 0.800. The summed E-state index contributed by atoms with van der Waals surface area (Å²) in [5, 5.41) is 3.49. The minimum Gasteiger partial charge on any atom is -0.338 e. The molecule has 1 aliphatic carbocycles. The molecule has 4 atom stereocenters. The molecular weight excluding hydrogens is 248 g/mol. The van der Waals surface area contributed by atoms with Crippen molar-refractivity contribution in [3.63, 3.8) is 0 Å². The van der Waals surface area contributed by atoms with Crippen molar-refractivity contribution in [1.82, 2.24) is 10.2 Å². The highest BCUT2D eigenvalue weighted by Gasteiger charge is 2.40. The van der Waals surface area contributed by atoms with E-state index in [1.54, 1.807) is 0 Å². The lowest BCUT2D eigenvalue weighted by atomic mass is 9.72. The van der Waals surface area contributed by atoms with Crippen LogP contribution in [0.1, 0.15) is 64.7 Å². The molecule has 3 rings (SSSR count). The number of fused-ring (bicyclic) bond motifs is 1. The lowest BCUT2D eigenvalue weighted by Crippen LogP contribution is -2.57. The molecular formula is C17H30N2O. The molecule has 0 bridgehead atoms. The third-order valence-electron chi connectivity index (χ3n) is 5.88. The van der Waals surface area contributed by atoms with Crippen molar-refractivity contribution in [3.8, 4) is 0 Å². The van der Waals surface area contributed by atoms with Crippen LogP contribution < -0.4 is 5.32 Å². The van der Waals surface area contributed by atoms with Crippen LogP contribution in [0.25, 0.3) is 0 Å². The molecule has 0 radical (unpaired) electrons. The van der Waals surface area contributed by atoms with Crippen LogP contribution in [0.15, 0.2) is 0 Å². The van der Waals surface area contributed by atoms with Crippen LogP contribution >= 0.6 is 0 Å². The van der Waals surface area contributed by atoms with Crippen molar-refractivity contribution in [2.45, 2.75) is 76.8 Å². The van der Waals surface area contributed by atoms with Gasteiger partial charge in [0, 0.05) is 12.6 Å². The molecule has 4 unspecified atom stereocenters. The van der Waals surface area contributed by atoms with E-state index in [1.807, 2.05) is 0 Å². The molecule has 0 aromatic heterocycles. The number of amides is 1. The first kappa shape index (κ1) is 14.4. The Kier molecular flexibility index (Phi) is 4.65. The first-order chi connectivity index (χ1) is 9.77. The van der Waals surface area contributed by atoms with Gasteiger partial charge in [-0.3, -0.25) is 4.79 Å². The number of carbonyl (C=O) groups is 1. The highest BCUT2D eigenvalue weighted by Crippen LogP contribution is 2.39. The monoisotopic (exact) mass is 278 g/mol. The topological polar surface area (TPSA) is 32.3 Å². The summed E-state index contributed by atoms with van der Waals surface area (Å²) < 4.78 is 0. The lowest BCUT2D eigenvalue weighted by molar-refractivity contribution is -0.141. The number of nitrogens with one attached hydrogen (secondary N) is 1. The van der Waals surface area contributed by atoms with Crippen molar-refractivity contribution < 1.29 is 4.79 Å². The minimum absolute atomic E-state index is 0.105. The standard InChI is InChI=1S/C17H30N2O/c1-13-10-12-19(16-9-5-4-7-14(13)16)17(20)15-8-3-2-6-11-18-15/h13-16,18H,2-12H2,1H3. The summed E-state index contributed by atoms with van der Waals surface area (Å²) >= 11 is 0. The summed E-state index contributed by atoms with van der Waals surface area (Å²) in [6, 6.07) is 0.651. The van der Waals surface area contributed by atoms with Gasteiger partial charge in [-0.2, -0.15) is 0 Å². The Hall–Kier alpha value is -0.570. The number of carbonyl (C=O) groups excluding carboxylic acids is 1. The second kappa shape index (κ2) is 6.46. The molecule has 0 spiro atoms. The number of rotatable bonds is 1. The van der Waals surface area contributed by atoms with Crippen LogP contribution in [0.2, 0.25) is 0 Å². The SMILES string of the molecule is CC1CCN(C(=O)C2CCCCCN2)C2CCCCC12. The molecule has 3 nitrogen and oxygen atoms in total. The molecule has 0 aromatic rings. The van der Waals surface area contributed by atoms with Crippen LogP contribution in [-0.4, -0.2) is 36.0 Å². The van der Waals surface area contributed by atoms with Gasteiger partial charge < -0.3 is 10.2 Å². The van der Waals surface area contributed by atoms with Crippen molar-refractivity contribution >= 4 is 5.91 Å². The predicted molar refractivity (Wildman–Crippen MR) is 81.5 cm³/mol. The third-order valence-corrected chi connectivity index (χ3v) is 5.88. The van der Waals surface area contributed by atoms with E-state index in [4.69, 9.17) is 0 Å². The molecule has 20 heavy (non-hydrogen) atoms. The van der Waals surface area contributed by atoms with Gasteiger partial charge in [0.25, 0.3) is 0 Å². The summed E-state index contributed by atoms with van der Waals surface area (Å²) in [4.78, 5) is 15.2. The molecule has 3 aliphatic rings. The molecule has 1 N–H and O–H groups in total. The molecule has 2 saturated heterocycles. The normalized spacial score (nSPS) is 39.0. The van der Waals surface area contributed by atoms with E-state index in [-0.39, 0.29) is 6.04 Å². The van der Waals surface area contributed by atoms with Crippen LogP contribution in [-0.2, 0) is 4.79 Å². The van der Waals surface area contributed by atoms with Crippen molar-refractivity contribution in [1.29, 1.82) is 0 Å². The number of likely N-dealkylation sites (tertiary alicyclic amines) is 1. The maximum Gasteiger partial charge on any atom is 0.239 e. The van der Waals surface area contributed by atoms with Gasteiger partial charge in [0.15, 0.2) is 0 Å². The summed E-state index contributed by atoms with van der Waals surface area (Å²) in [5.74, 6) is 1.99. The van der Waals surface area contributed by atoms with E-state index < -0.39 is 0 Å². The Morgan fingerprint density at radius 3 is 2.70 bits per heavy atom. The molecule has 1 saturated carbocycles. The highest BCUT2D eigenvalue weighted by molar-refractivity contribution is 5.82. The van der Waals surface area contributed by atoms with Gasteiger partial charge >= 0.3 is 0 Å². The Morgan fingerprint density at radius 1 is 1.00 bits per heavy atom. The van der Waals surface area contributed by atoms with E-state index in [2.05, 4.69) is 17.1 Å². The molecule has 2 aliphatic heterocycles. The van der Waals surface area contributed by atoms with E-state index >= 15 is 0 Å². The first-order valence-corrected chi connectivity index (χ1v) is 8.81. The van der Waals surface area contributed by atoms with E-state index in [0.29, 0.717) is 11.9 Å². The summed E-state index contributed by atoms with van der Waals surface area (Å²) in [5.41, 5.74) is 0. The van der Waals surface area contributed by atoms with Crippen molar-refractivity contribution in [2.75, 3.05) is 13.1 Å². The molecule has 2 heterocycles.